The monoisotopic (exact) mass is 295 g/mol. The summed E-state index contributed by atoms with van der Waals surface area (Å²) in [6.45, 7) is 3.89. The van der Waals surface area contributed by atoms with Gasteiger partial charge in [-0.05, 0) is 18.1 Å². The molecule has 0 saturated carbocycles. The summed E-state index contributed by atoms with van der Waals surface area (Å²) in [5, 5.41) is 0.726. The van der Waals surface area contributed by atoms with E-state index in [2.05, 4.69) is 0 Å². The molecule has 0 amide bonds. The van der Waals surface area contributed by atoms with Crippen LogP contribution in [0.15, 0.2) is 30.3 Å². The predicted molar refractivity (Wildman–Crippen MR) is 73.5 cm³/mol. The molecule has 0 nitrogen and oxygen atoms in total. The molecule has 100 valence electrons. The average Bonchev–Trinajstić information content (AvgIpc) is 2.53. The summed E-state index contributed by atoms with van der Waals surface area (Å²) in [5.41, 5.74) is -4.16. The number of alkyl halides is 3. The SMILES string of the molecule is CC(C)Cc1cc2ccccc2[s+]1C(F)(F)F.Cl. The largest absolute Gasteiger partial charge is 0.600 e. The van der Waals surface area contributed by atoms with E-state index in [1.807, 2.05) is 13.8 Å². The summed E-state index contributed by atoms with van der Waals surface area (Å²) in [4.78, 5) is 0.522. The van der Waals surface area contributed by atoms with Gasteiger partial charge in [0.15, 0.2) is 9.58 Å². The Morgan fingerprint density at radius 1 is 1.17 bits per heavy atom. The first kappa shape index (κ1) is 15.3. The fourth-order valence-corrected chi connectivity index (χ4v) is 4.13. The van der Waals surface area contributed by atoms with Crippen LogP contribution in [0.2, 0.25) is 0 Å². The zero-order valence-corrected chi connectivity index (χ0v) is 11.8. The lowest BCUT2D eigenvalue weighted by molar-refractivity contribution is -0.0867. The van der Waals surface area contributed by atoms with Crippen molar-refractivity contribution < 1.29 is 13.2 Å². The molecule has 1 unspecified atom stereocenters. The average molecular weight is 296 g/mol. The molecular formula is C13H15ClF3S+. The number of hydrogen-bond acceptors (Lipinski definition) is 0. The number of rotatable bonds is 2. The molecule has 0 radical (unpaired) electrons. The smallest absolute Gasteiger partial charge is 0.147 e. The van der Waals surface area contributed by atoms with E-state index in [9.17, 15) is 13.2 Å². The number of hydrogen-bond donors (Lipinski definition) is 0. The lowest BCUT2D eigenvalue weighted by Crippen LogP contribution is -2.00. The van der Waals surface area contributed by atoms with Crippen molar-refractivity contribution in [1.82, 2.24) is 0 Å². The molecule has 0 spiro atoms. The number of halogens is 4. The topological polar surface area (TPSA) is 0 Å². The van der Waals surface area contributed by atoms with E-state index in [1.54, 1.807) is 30.3 Å². The van der Waals surface area contributed by atoms with Crippen LogP contribution in [0.3, 0.4) is 0 Å². The van der Waals surface area contributed by atoms with Gasteiger partial charge in [-0.3, -0.25) is 0 Å². The third-order valence-corrected chi connectivity index (χ3v) is 4.64. The van der Waals surface area contributed by atoms with E-state index in [0.717, 1.165) is 5.39 Å². The first-order chi connectivity index (χ1) is 7.89. The molecule has 2 rings (SSSR count). The van der Waals surface area contributed by atoms with Gasteiger partial charge in [0.05, 0.1) is 10.5 Å². The van der Waals surface area contributed by atoms with E-state index in [1.165, 1.54) is 0 Å². The van der Waals surface area contributed by atoms with E-state index < -0.39 is 16.0 Å². The molecule has 0 aliphatic carbocycles. The van der Waals surface area contributed by atoms with Crippen LogP contribution in [0.25, 0.3) is 10.1 Å². The summed E-state index contributed by atoms with van der Waals surface area (Å²) in [7, 11) is -1.72. The highest BCUT2D eigenvalue weighted by molar-refractivity contribution is 7.38. The maximum absolute atomic E-state index is 13.1. The van der Waals surface area contributed by atoms with Crippen molar-refractivity contribution >= 4 is 33.0 Å². The summed E-state index contributed by atoms with van der Waals surface area (Å²) in [6, 6.07) is 8.53. The van der Waals surface area contributed by atoms with Crippen molar-refractivity contribution in [2.45, 2.75) is 25.8 Å². The van der Waals surface area contributed by atoms with Crippen LogP contribution < -0.4 is 0 Å². The highest BCUT2D eigenvalue weighted by Gasteiger charge is 2.47. The van der Waals surface area contributed by atoms with Gasteiger partial charge >= 0.3 is 5.51 Å². The van der Waals surface area contributed by atoms with Gasteiger partial charge in [-0.15, -0.1) is 25.6 Å². The molecule has 0 fully saturated rings. The van der Waals surface area contributed by atoms with Gasteiger partial charge in [-0.25, -0.2) is 0 Å². The van der Waals surface area contributed by atoms with Gasteiger partial charge in [-0.2, -0.15) is 0 Å². The molecular weight excluding hydrogens is 281 g/mol. The molecule has 2 aromatic rings. The minimum atomic E-state index is -4.16. The minimum Gasteiger partial charge on any atom is -0.147 e. The van der Waals surface area contributed by atoms with Crippen LogP contribution in [0.5, 0.6) is 0 Å². The molecule has 0 N–H and O–H groups in total. The van der Waals surface area contributed by atoms with Gasteiger partial charge in [-0.1, -0.05) is 26.0 Å². The second kappa shape index (κ2) is 5.49. The summed E-state index contributed by atoms with van der Waals surface area (Å²) in [5.74, 6) is 0.243. The summed E-state index contributed by atoms with van der Waals surface area (Å²) >= 11 is 0. The highest BCUT2D eigenvalue weighted by Crippen LogP contribution is 2.51. The minimum absolute atomic E-state index is 0. The molecule has 18 heavy (non-hydrogen) atoms. The molecule has 1 heterocycles. The van der Waals surface area contributed by atoms with Crippen LogP contribution in [-0.2, 0) is 11.9 Å². The Bertz CT molecular complexity index is 529. The van der Waals surface area contributed by atoms with Gasteiger partial charge in [0.25, 0.3) is 0 Å². The maximum Gasteiger partial charge on any atom is 0.600 e. The van der Waals surface area contributed by atoms with E-state index in [0.29, 0.717) is 16.0 Å². The fraction of sp³-hybridized carbons (Fsp3) is 0.385. The Morgan fingerprint density at radius 2 is 1.78 bits per heavy atom. The van der Waals surface area contributed by atoms with Crippen LogP contribution in [0.1, 0.15) is 18.7 Å². The molecule has 5 heteroatoms. The molecule has 1 aromatic heterocycles. The standard InChI is InChI=1S/C13H14F3S.ClH/c1-9(2)7-11-8-10-5-3-4-6-12(10)17(11)13(14,15)16;/h3-6,8-9H,7H2,1-2H3;1H/q+1;. The third kappa shape index (κ3) is 2.98. The summed E-state index contributed by atoms with van der Waals surface area (Å²) in [6.07, 6.45) is 0.511. The fourth-order valence-electron chi connectivity index (χ4n) is 1.98. The second-order valence-electron chi connectivity index (χ2n) is 4.50. The Labute approximate surface area is 113 Å². The molecule has 0 aliphatic heterocycles. The van der Waals surface area contributed by atoms with Crippen molar-refractivity contribution in [1.29, 1.82) is 0 Å². The first-order valence-corrected chi connectivity index (χ1v) is 6.73. The van der Waals surface area contributed by atoms with Gasteiger partial charge in [0.1, 0.15) is 0 Å². The van der Waals surface area contributed by atoms with Crippen molar-refractivity contribution in [3.8, 4) is 0 Å². The van der Waals surface area contributed by atoms with Crippen LogP contribution >= 0.6 is 22.9 Å². The lowest BCUT2D eigenvalue weighted by atomic mass is 10.1. The molecule has 0 aliphatic rings. The Morgan fingerprint density at radius 3 is 2.33 bits per heavy atom. The van der Waals surface area contributed by atoms with Gasteiger partial charge in [0, 0.05) is 17.9 Å². The van der Waals surface area contributed by atoms with E-state index in [-0.39, 0.29) is 18.3 Å². The van der Waals surface area contributed by atoms with Crippen molar-refractivity contribution in [3.05, 3.63) is 35.2 Å². The third-order valence-electron chi connectivity index (χ3n) is 2.56. The normalized spacial score (nSPS) is 12.9. The van der Waals surface area contributed by atoms with E-state index in [4.69, 9.17) is 0 Å². The number of thiophene rings is 1. The zero-order chi connectivity index (χ0) is 12.6. The lowest BCUT2D eigenvalue weighted by Gasteiger charge is -2.02. The predicted octanol–water partition coefficient (Wildman–Crippen LogP) is 5.69. The quantitative estimate of drug-likeness (QED) is 0.625. The van der Waals surface area contributed by atoms with Crippen LogP contribution in [-0.4, -0.2) is 0 Å². The van der Waals surface area contributed by atoms with E-state index >= 15 is 0 Å². The molecule has 0 bridgehead atoms. The second-order valence-corrected chi connectivity index (χ2v) is 6.54. The molecule has 1 atom stereocenters. The zero-order valence-electron chi connectivity index (χ0n) is 10.1. The van der Waals surface area contributed by atoms with Crippen molar-refractivity contribution in [2.24, 2.45) is 5.92 Å². The van der Waals surface area contributed by atoms with Crippen LogP contribution in [0, 0.1) is 5.92 Å². The van der Waals surface area contributed by atoms with Crippen molar-refractivity contribution in [2.75, 3.05) is 0 Å². The first-order valence-electron chi connectivity index (χ1n) is 5.50. The van der Waals surface area contributed by atoms with Gasteiger partial charge in [0.2, 0.25) is 0 Å². The van der Waals surface area contributed by atoms with Crippen molar-refractivity contribution in [3.63, 3.8) is 0 Å². The number of fused-ring (bicyclic) bond motifs is 1. The molecule has 1 aromatic carbocycles. The molecule has 0 saturated heterocycles. The Hall–Kier alpha value is -0.740. The summed E-state index contributed by atoms with van der Waals surface area (Å²) < 4.78 is 39.8. The Kier molecular flexibility index (Phi) is 4.67. The van der Waals surface area contributed by atoms with Crippen LogP contribution in [0.4, 0.5) is 13.2 Å². The Balaban J connectivity index is 0.00000162. The highest BCUT2D eigenvalue weighted by atomic mass is 35.5. The van der Waals surface area contributed by atoms with Gasteiger partial charge < -0.3 is 0 Å². The number of benzene rings is 1. The maximum atomic E-state index is 13.1.